The number of aryl methyl sites for hydroxylation is 1. The summed E-state index contributed by atoms with van der Waals surface area (Å²) >= 11 is 0. The second-order valence-corrected chi connectivity index (χ2v) is 6.76. The first-order valence-electron chi connectivity index (χ1n) is 9.13. The molecule has 1 aliphatic rings. The molecule has 0 aliphatic carbocycles. The Morgan fingerprint density at radius 3 is 2.69 bits per heavy atom. The Morgan fingerprint density at radius 2 is 2.00 bits per heavy atom. The van der Waals surface area contributed by atoms with E-state index in [4.69, 9.17) is 0 Å². The average Bonchev–Trinajstić information content (AvgIpc) is 2.82. The van der Waals surface area contributed by atoms with Crippen molar-refractivity contribution in [2.45, 2.75) is 39.3 Å². The van der Waals surface area contributed by atoms with Gasteiger partial charge < -0.3 is 9.80 Å². The van der Waals surface area contributed by atoms with Crippen molar-refractivity contribution >= 4 is 11.8 Å². The van der Waals surface area contributed by atoms with Crippen LogP contribution < -0.4 is 0 Å². The third kappa shape index (κ3) is 3.93. The lowest BCUT2D eigenvalue weighted by molar-refractivity contribution is -0.133. The van der Waals surface area contributed by atoms with Gasteiger partial charge in [0.1, 0.15) is 0 Å². The molecule has 1 atom stereocenters. The predicted molar refractivity (Wildman–Crippen MR) is 101 cm³/mol. The fourth-order valence-electron chi connectivity index (χ4n) is 3.41. The topological polar surface area (TPSA) is 53.5 Å². The van der Waals surface area contributed by atoms with Crippen molar-refractivity contribution in [3.05, 3.63) is 65.5 Å². The molecule has 0 bridgehead atoms. The van der Waals surface area contributed by atoms with E-state index >= 15 is 0 Å². The molecule has 136 valence electrons. The molecule has 3 rings (SSSR count). The Balaban J connectivity index is 1.80. The Morgan fingerprint density at radius 1 is 1.23 bits per heavy atom. The number of hydrogen-bond acceptors (Lipinski definition) is 3. The highest BCUT2D eigenvalue weighted by Crippen LogP contribution is 2.20. The monoisotopic (exact) mass is 351 g/mol. The standard InChI is InChI=1S/C21H25N3O2/c1-3-18-15-23(21(26)19-13-22-11-9-16(19)2)12-10-20(25)24(18)14-17-7-5-4-6-8-17/h4-9,11,13,18H,3,10,12,14-15H2,1-2H3/t18-/m0/s1. The van der Waals surface area contributed by atoms with Gasteiger partial charge in [0.05, 0.1) is 5.56 Å². The Kier molecular flexibility index (Phi) is 5.66. The van der Waals surface area contributed by atoms with Gasteiger partial charge >= 0.3 is 0 Å². The molecule has 1 fully saturated rings. The van der Waals surface area contributed by atoms with E-state index < -0.39 is 0 Å². The van der Waals surface area contributed by atoms with Crippen molar-refractivity contribution < 1.29 is 9.59 Å². The van der Waals surface area contributed by atoms with Crippen LogP contribution in [0.25, 0.3) is 0 Å². The lowest BCUT2D eigenvalue weighted by atomic mass is 10.1. The zero-order valence-corrected chi connectivity index (χ0v) is 15.4. The van der Waals surface area contributed by atoms with E-state index in [0.29, 0.717) is 31.6 Å². The van der Waals surface area contributed by atoms with E-state index in [1.54, 1.807) is 17.3 Å². The summed E-state index contributed by atoms with van der Waals surface area (Å²) in [4.78, 5) is 33.5. The highest BCUT2D eigenvalue weighted by atomic mass is 16.2. The lowest BCUT2D eigenvalue weighted by Crippen LogP contribution is -2.43. The number of carbonyl (C=O) groups excluding carboxylic acids is 2. The van der Waals surface area contributed by atoms with E-state index in [1.807, 2.05) is 48.2 Å². The molecule has 5 nitrogen and oxygen atoms in total. The van der Waals surface area contributed by atoms with Gasteiger partial charge in [-0.25, -0.2) is 0 Å². The Bertz CT molecular complexity index is 776. The lowest BCUT2D eigenvalue weighted by Gasteiger charge is -2.31. The molecule has 1 saturated heterocycles. The quantitative estimate of drug-likeness (QED) is 0.851. The van der Waals surface area contributed by atoms with Gasteiger partial charge in [-0.15, -0.1) is 0 Å². The summed E-state index contributed by atoms with van der Waals surface area (Å²) in [6.45, 7) is 5.58. The van der Waals surface area contributed by atoms with Gasteiger partial charge in [-0.3, -0.25) is 14.6 Å². The zero-order valence-electron chi connectivity index (χ0n) is 15.4. The van der Waals surface area contributed by atoms with Crippen molar-refractivity contribution in [3.63, 3.8) is 0 Å². The minimum Gasteiger partial charge on any atom is -0.336 e. The maximum Gasteiger partial charge on any atom is 0.255 e. The summed E-state index contributed by atoms with van der Waals surface area (Å²) in [5, 5.41) is 0. The largest absolute Gasteiger partial charge is 0.336 e. The van der Waals surface area contributed by atoms with Crippen LogP contribution in [0, 0.1) is 6.92 Å². The third-order valence-electron chi connectivity index (χ3n) is 5.01. The normalized spacial score (nSPS) is 17.9. The molecular formula is C21H25N3O2. The van der Waals surface area contributed by atoms with Crippen molar-refractivity contribution in [3.8, 4) is 0 Å². The van der Waals surface area contributed by atoms with Gasteiger partial charge in [0.25, 0.3) is 5.91 Å². The predicted octanol–water partition coefficient (Wildman–Crippen LogP) is 3.04. The van der Waals surface area contributed by atoms with Gasteiger partial charge in [-0.2, -0.15) is 0 Å². The number of aromatic nitrogens is 1. The number of hydrogen-bond donors (Lipinski definition) is 0. The van der Waals surface area contributed by atoms with Crippen molar-refractivity contribution in [2.75, 3.05) is 13.1 Å². The van der Waals surface area contributed by atoms with E-state index in [2.05, 4.69) is 11.9 Å². The highest BCUT2D eigenvalue weighted by Gasteiger charge is 2.31. The number of nitrogens with zero attached hydrogens (tertiary/aromatic N) is 3. The molecule has 2 heterocycles. The molecule has 2 amide bonds. The highest BCUT2D eigenvalue weighted by molar-refractivity contribution is 5.95. The smallest absolute Gasteiger partial charge is 0.255 e. The first-order chi connectivity index (χ1) is 12.6. The minimum atomic E-state index is -0.0385. The zero-order chi connectivity index (χ0) is 18.5. The van der Waals surface area contributed by atoms with Crippen molar-refractivity contribution in [2.24, 2.45) is 0 Å². The molecule has 0 radical (unpaired) electrons. The fraction of sp³-hybridized carbons (Fsp3) is 0.381. The van der Waals surface area contributed by atoms with Crippen molar-refractivity contribution in [1.29, 1.82) is 0 Å². The average molecular weight is 351 g/mol. The first kappa shape index (κ1) is 18.1. The third-order valence-corrected chi connectivity index (χ3v) is 5.01. The molecule has 2 aromatic rings. The SMILES string of the molecule is CC[C@H]1CN(C(=O)c2cnccc2C)CCC(=O)N1Cc1ccccc1. The van der Waals surface area contributed by atoms with Crippen LogP contribution in [-0.2, 0) is 11.3 Å². The van der Waals surface area contributed by atoms with E-state index in [1.165, 1.54) is 0 Å². The fourth-order valence-corrected chi connectivity index (χ4v) is 3.41. The summed E-state index contributed by atoms with van der Waals surface area (Å²) < 4.78 is 0. The van der Waals surface area contributed by atoms with Gasteiger partial charge in [0.2, 0.25) is 5.91 Å². The molecule has 1 aromatic heterocycles. The van der Waals surface area contributed by atoms with Crippen LogP contribution >= 0.6 is 0 Å². The number of benzene rings is 1. The van der Waals surface area contributed by atoms with Crippen LogP contribution in [-0.4, -0.2) is 45.7 Å². The van der Waals surface area contributed by atoms with Crippen LogP contribution in [0.4, 0.5) is 0 Å². The summed E-state index contributed by atoms with van der Waals surface area (Å²) in [7, 11) is 0. The number of pyridine rings is 1. The van der Waals surface area contributed by atoms with Crippen LogP contribution in [0.1, 0.15) is 41.3 Å². The molecule has 0 N–H and O–H groups in total. The second kappa shape index (κ2) is 8.13. The van der Waals surface area contributed by atoms with Crippen LogP contribution in [0.5, 0.6) is 0 Å². The van der Waals surface area contributed by atoms with E-state index in [9.17, 15) is 9.59 Å². The molecule has 0 unspecified atom stereocenters. The second-order valence-electron chi connectivity index (χ2n) is 6.76. The number of carbonyl (C=O) groups is 2. The molecule has 26 heavy (non-hydrogen) atoms. The maximum absolute atomic E-state index is 13.0. The molecule has 0 spiro atoms. The van der Waals surface area contributed by atoms with Gasteiger partial charge in [0, 0.05) is 44.5 Å². The summed E-state index contributed by atoms with van der Waals surface area (Å²) in [6.07, 6.45) is 4.48. The molecule has 1 aliphatic heterocycles. The Hall–Kier alpha value is -2.69. The first-order valence-corrected chi connectivity index (χ1v) is 9.13. The Labute approximate surface area is 154 Å². The molecule has 1 aromatic carbocycles. The van der Waals surface area contributed by atoms with Gasteiger partial charge in [-0.1, -0.05) is 37.3 Å². The van der Waals surface area contributed by atoms with Crippen LogP contribution in [0.15, 0.2) is 48.8 Å². The van der Waals surface area contributed by atoms with Gasteiger partial charge in [0.15, 0.2) is 0 Å². The number of amides is 2. The maximum atomic E-state index is 13.0. The van der Waals surface area contributed by atoms with E-state index in [-0.39, 0.29) is 17.9 Å². The van der Waals surface area contributed by atoms with Crippen LogP contribution in [0.2, 0.25) is 0 Å². The van der Waals surface area contributed by atoms with Crippen LogP contribution in [0.3, 0.4) is 0 Å². The van der Waals surface area contributed by atoms with E-state index in [0.717, 1.165) is 17.5 Å². The molecule has 0 saturated carbocycles. The van der Waals surface area contributed by atoms with Gasteiger partial charge in [-0.05, 0) is 30.5 Å². The molecule has 5 heteroatoms. The summed E-state index contributed by atoms with van der Waals surface area (Å²) in [5.74, 6) is 0.0716. The minimum absolute atomic E-state index is 0.0196. The molecular weight excluding hydrogens is 326 g/mol. The number of rotatable bonds is 4. The van der Waals surface area contributed by atoms with Crippen molar-refractivity contribution in [1.82, 2.24) is 14.8 Å². The summed E-state index contributed by atoms with van der Waals surface area (Å²) in [5.41, 5.74) is 2.64. The summed E-state index contributed by atoms with van der Waals surface area (Å²) in [6, 6.07) is 11.9.